The van der Waals surface area contributed by atoms with Crippen molar-refractivity contribution in [1.82, 2.24) is 14.9 Å². The molecule has 0 bridgehead atoms. The number of fused-ring (bicyclic) bond motifs is 1. The van der Waals surface area contributed by atoms with E-state index in [0.29, 0.717) is 29.0 Å². The summed E-state index contributed by atoms with van der Waals surface area (Å²) in [5.74, 6) is 0.437. The van der Waals surface area contributed by atoms with Crippen molar-refractivity contribution in [2.24, 2.45) is 0 Å². The number of imidazole rings is 1. The maximum absolute atomic E-state index is 12.6. The minimum Gasteiger partial charge on any atom is -0.389 e. The lowest BCUT2D eigenvalue weighted by atomic mass is 10.2. The highest BCUT2D eigenvalue weighted by Crippen LogP contribution is 2.18. The average molecular weight is 498 g/mol. The molecule has 0 aliphatic heterocycles. The highest BCUT2D eigenvalue weighted by molar-refractivity contribution is 6.30. The van der Waals surface area contributed by atoms with Gasteiger partial charge in [0.2, 0.25) is 5.91 Å². The van der Waals surface area contributed by atoms with Gasteiger partial charge in [-0.25, -0.2) is 4.98 Å². The Balaban J connectivity index is 1.38. The molecule has 1 atom stereocenters. The van der Waals surface area contributed by atoms with E-state index in [1.807, 2.05) is 53.1 Å². The number of rotatable bonds is 10. The Morgan fingerprint density at radius 3 is 2.32 bits per heavy atom. The zero-order valence-electron chi connectivity index (χ0n) is 18.5. The van der Waals surface area contributed by atoms with E-state index in [-0.39, 0.29) is 25.5 Å². The van der Waals surface area contributed by atoms with Crippen molar-refractivity contribution in [3.63, 3.8) is 0 Å². The van der Waals surface area contributed by atoms with Crippen molar-refractivity contribution in [2.75, 3.05) is 6.61 Å². The number of nitrogens with zero attached hydrogens (tertiary/aromatic N) is 2. The molecule has 0 fully saturated rings. The number of benzene rings is 3. The standard InChI is InChI=1S/C26H25Cl2N3O3/c27-20-9-5-18(6-10-20)14-29-26(33)13-25-30-23-3-1-2-4-24(23)31(25)15-22(32)17-34-16-19-7-11-21(28)12-8-19/h1-12,22,32H,13-17H2,(H,29,33). The molecule has 4 aromatic rings. The summed E-state index contributed by atoms with van der Waals surface area (Å²) < 4.78 is 7.57. The van der Waals surface area contributed by atoms with E-state index in [1.165, 1.54) is 0 Å². The van der Waals surface area contributed by atoms with Crippen LogP contribution in [0.2, 0.25) is 10.0 Å². The van der Waals surface area contributed by atoms with Gasteiger partial charge in [-0.15, -0.1) is 0 Å². The molecular formula is C26H25Cl2N3O3. The number of amides is 1. The van der Waals surface area contributed by atoms with Gasteiger partial charge in [0.25, 0.3) is 0 Å². The first kappa shape index (κ1) is 24.2. The number of aromatic nitrogens is 2. The fourth-order valence-corrected chi connectivity index (χ4v) is 3.88. The predicted molar refractivity (Wildman–Crippen MR) is 134 cm³/mol. The van der Waals surface area contributed by atoms with Gasteiger partial charge in [-0.3, -0.25) is 4.79 Å². The van der Waals surface area contributed by atoms with E-state index >= 15 is 0 Å². The topological polar surface area (TPSA) is 76.4 Å². The van der Waals surface area contributed by atoms with Crippen LogP contribution in [-0.4, -0.2) is 33.3 Å². The molecule has 0 aliphatic rings. The fourth-order valence-electron chi connectivity index (χ4n) is 3.63. The second-order valence-corrected chi connectivity index (χ2v) is 8.88. The number of nitrogens with one attached hydrogen (secondary N) is 1. The number of halogens is 2. The SMILES string of the molecule is O=C(Cc1nc2ccccc2n1CC(O)COCc1ccc(Cl)cc1)NCc1ccc(Cl)cc1. The van der Waals surface area contributed by atoms with Crippen LogP contribution in [0.1, 0.15) is 17.0 Å². The third-order valence-electron chi connectivity index (χ3n) is 5.34. The number of para-hydroxylation sites is 2. The first-order valence-corrected chi connectivity index (χ1v) is 11.7. The van der Waals surface area contributed by atoms with Crippen LogP contribution in [0.25, 0.3) is 11.0 Å². The maximum Gasteiger partial charge on any atom is 0.227 e. The van der Waals surface area contributed by atoms with Crippen LogP contribution in [0.5, 0.6) is 0 Å². The van der Waals surface area contributed by atoms with Gasteiger partial charge in [-0.2, -0.15) is 0 Å². The van der Waals surface area contributed by atoms with Crippen molar-refractivity contribution in [1.29, 1.82) is 0 Å². The number of hydrogen-bond donors (Lipinski definition) is 2. The molecule has 0 spiro atoms. The molecule has 2 N–H and O–H groups in total. The van der Waals surface area contributed by atoms with E-state index in [4.69, 9.17) is 27.9 Å². The van der Waals surface area contributed by atoms with Gasteiger partial charge in [-0.05, 0) is 47.5 Å². The Kier molecular flexibility index (Phi) is 8.19. The van der Waals surface area contributed by atoms with Gasteiger partial charge in [0.15, 0.2) is 0 Å². The molecule has 0 saturated carbocycles. The second kappa shape index (κ2) is 11.5. The van der Waals surface area contributed by atoms with Crippen molar-refractivity contribution in [3.05, 3.63) is 99.8 Å². The monoisotopic (exact) mass is 497 g/mol. The third kappa shape index (κ3) is 6.58. The molecule has 0 saturated heterocycles. The molecule has 1 amide bonds. The Morgan fingerprint density at radius 1 is 0.971 bits per heavy atom. The quantitative estimate of drug-likeness (QED) is 0.330. The highest BCUT2D eigenvalue weighted by atomic mass is 35.5. The molecule has 4 rings (SSSR count). The fraction of sp³-hybridized carbons (Fsp3) is 0.231. The molecule has 1 heterocycles. The Bertz CT molecular complexity index is 1240. The summed E-state index contributed by atoms with van der Waals surface area (Å²) in [5.41, 5.74) is 3.57. The normalized spacial score (nSPS) is 12.1. The predicted octanol–water partition coefficient (Wildman–Crippen LogP) is 4.78. The summed E-state index contributed by atoms with van der Waals surface area (Å²) in [5, 5.41) is 14.9. The summed E-state index contributed by atoms with van der Waals surface area (Å²) in [6.07, 6.45) is -0.665. The first-order valence-electron chi connectivity index (χ1n) is 10.9. The molecule has 1 unspecified atom stereocenters. The zero-order valence-corrected chi connectivity index (χ0v) is 20.0. The van der Waals surface area contributed by atoms with Gasteiger partial charge in [0.05, 0.1) is 43.3 Å². The Hall–Kier alpha value is -2.90. The molecule has 0 radical (unpaired) electrons. The van der Waals surface area contributed by atoms with E-state index in [2.05, 4.69) is 10.3 Å². The molecule has 3 aromatic carbocycles. The molecule has 0 aliphatic carbocycles. The molecule has 6 nitrogen and oxygen atoms in total. The lowest BCUT2D eigenvalue weighted by Crippen LogP contribution is -2.28. The summed E-state index contributed by atoms with van der Waals surface area (Å²) >= 11 is 11.8. The molecule has 1 aromatic heterocycles. The molecule has 34 heavy (non-hydrogen) atoms. The van der Waals surface area contributed by atoms with Crippen LogP contribution < -0.4 is 5.32 Å². The highest BCUT2D eigenvalue weighted by Gasteiger charge is 2.17. The summed E-state index contributed by atoms with van der Waals surface area (Å²) in [6, 6.07) is 22.3. The van der Waals surface area contributed by atoms with Crippen LogP contribution in [0.3, 0.4) is 0 Å². The van der Waals surface area contributed by atoms with Crippen LogP contribution >= 0.6 is 23.2 Å². The third-order valence-corrected chi connectivity index (χ3v) is 5.84. The van der Waals surface area contributed by atoms with Crippen LogP contribution in [0, 0.1) is 0 Å². The summed E-state index contributed by atoms with van der Waals surface area (Å²) in [7, 11) is 0. The average Bonchev–Trinajstić information content (AvgIpc) is 3.16. The van der Waals surface area contributed by atoms with Gasteiger partial charge in [-0.1, -0.05) is 59.6 Å². The smallest absolute Gasteiger partial charge is 0.227 e. The molecule has 8 heteroatoms. The van der Waals surface area contributed by atoms with Crippen LogP contribution in [0.4, 0.5) is 0 Å². The molecular weight excluding hydrogens is 473 g/mol. The summed E-state index contributed by atoms with van der Waals surface area (Å²) in [4.78, 5) is 17.3. The number of aliphatic hydroxyl groups excluding tert-OH is 1. The van der Waals surface area contributed by atoms with Crippen molar-refractivity contribution in [3.8, 4) is 0 Å². The maximum atomic E-state index is 12.6. The number of carbonyl (C=O) groups is 1. The largest absolute Gasteiger partial charge is 0.389 e. The minimum absolute atomic E-state index is 0.0978. The summed E-state index contributed by atoms with van der Waals surface area (Å²) in [6.45, 7) is 1.19. The van der Waals surface area contributed by atoms with E-state index < -0.39 is 6.10 Å². The number of hydrogen-bond acceptors (Lipinski definition) is 4. The van der Waals surface area contributed by atoms with Crippen molar-refractivity contribution >= 4 is 40.1 Å². The zero-order chi connectivity index (χ0) is 23.9. The first-order chi connectivity index (χ1) is 16.5. The van der Waals surface area contributed by atoms with E-state index in [1.54, 1.807) is 24.3 Å². The van der Waals surface area contributed by atoms with E-state index in [0.717, 1.165) is 22.2 Å². The van der Waals surface area contributed by atoms with Gasteiger partial charge >= 0.3 is 0 Å². The lowest BCUT2D eigenvalue weighted by molar-refractivity contribution is -0.120. The van der Waals surface area contributed by atoms with Gasteiger partial charge in [0, 0.05) is 16.6 Å². The molecule has 176 valence electrons. The Labute approximate surface area is 208 Å². The van der Waals surface area contributed by atoms with E-state index in [9.17, 15) is 9.90 Å². The van der Waals surface area contributed by atoms with Gasteiger partial charge < -0.3 is 19.7 Å². The lowest BCUT2D eigenvalue weighted by Gasteiger charge is -2.15. The number of carbonyl (C=O) groups excluding carboxylic acids is 1. The van der Waals surface area contributed by atoms with Gasteiger partial charge in [0.1, 0.15) is 5.82 Å². The van der Waals surface area contributed by atoms with Crippen molar-refractivity contribution < 1.29 is 14.6 Å². The van der Waals surface area contributed by atoms with Crippen molar-refractivity contribution in [2.45, 2.75) is 32.2 Å². The number of aliphatic hydroxyl groups is 1. The Morgan fingerprint density at radius 2 is 1.62 bits per heavy atom. The second-order valence-electron chi connectivity index (χ2n) is 8.00. The van der Waals surface area contributed by atoms with Crippen LogP contribution in [-0.2, 0) is 35.6 Å². The minimum atomic E-state index is -0.763. The van der Waals surface area contributed by atoms with Crippen LogP contribution in [0.15, 0.2) is 72.8 Å². The number of ether oxygens (including phenoxy) is 1.